The highest BCUT2D eigenvalue weighted by molar-refractivity contribution is 5.92. The van der Waals surface area contributed by atoms with E-state index in [1.165, 1.54) is 18.5 Å². The molecule has 0 saturated carbocycles. The lowest BCUT2D eigenvalue weighted by atomic mass is 10.1. The largest absolute Gasteiger partial charge is 0.378 e. The second kappa shape index (κ2) is 8.56. The van der Waals surface area contributed by atoms with Crippen molar-refractivity contribution in [2.24, 2.45) is 0 Å². The van der Waals surface area contributed by atoms with Crippen LogP contribution in [-0.4, -0.2) is 55.3 Å². The summed E-state index contributed by atoms with van der Waals surface area (Å²) in [6, 6.07) is 10.0. The molecule has 7 nitrogen and oxygen atoms in total. The third-order valence-electron chi connectivity index (χ3n) is 5.25. The summed E-state index contributed by atoms with van der Waals surface area (Å²) in [7, 11) is 0. The Hall–Kier alpha value is -2.67. The zero-order valence-electron chi connectivity index (χ0n) is 16.4. The standard InChI is InChI=1S/C21H27N5O2/c1-16-14-18(24-21(23-16)26-10-12-28-13-11-26)20(27)22-15-17-6-2-3-7-19(17)25-8-4-5-9-25/h2-3,6-7,14H,4-5,8-13,15H2,1H3,(H,22,27). The molecule has 4 rings (SSSR count). The van der Waals surface area contributed by atoms with Crippen molar-refractivity contribution in [1.29, 1.82) is 0 Å². The first-order chi connectivity index (χ1) is 13.7. The molecule has 2 aliphatic rings. The van der Waals surface area contributed by atoms with Crippen molar-refractivity contribution in [2.75, 3.05) is 49.2 Å². The van der Waals surface area contributed by atoms with Crippen molar-refractivity contribution in [1.82, 2.24) is 15.3 Å². The number of carbonyl (C=O) groups excluding carboxylic acids is 1. The molecular weight excluding hydrogens is 354 g/mol. The number of amides is 1. The summed E-state index contributed by atoms with van der Waals surface area (Å²) in [5, 5.41) is 3.04. The summed E-state index contributed by atoms with van der Waals surface area (Å²) >= 11 is 0. The van der Waals surface area contributed by atoms with E-state index in [2.05, 4.69) is 43.3 Å². The summed E-state index contributed by atoms with van der Waals surface area (Å²) in [5.41, 5.74) is 3.55. The highest BCUT2D eigenvalue weighted by atomic mass is 16.5. The predicted octanol–water partition coefficient (Wildman–Crippen LogP) is 2.15. The second-order valence-electron chi connectivity index (χ2n) is 7.30. The van der Waals surface area contributed by atoms with Crippen LogP contribution in [0, 0.1) is 6.92 Å². The lowest BCUT2D eigenvalue weighted by Gasteiger charge is -2.27. The highest BCUT2D eigenvalue weighted by Gasteiger charge is 2.19. The number of benzene rings is 1. The number of nitrogens with one attached hydrogen (secondary N) is 1. The molecule has 1 amide bonds. The minimum Gasteiger partial charge on any atom is -0.378 e. The van der Waals surface area contributed by atoms with Crippen LogP contribution in [0.3, 0.4) is 0 Å². The van der Waals surface area contributed by atoms with Gasteiger partial charge in [-0.2, -0.15) is 0 Å². The van der Waals surface area contributed by atoms with Crippen LogP contribution in [0.1, 0.15) is 34.6 Å². The van der Waals surface area contributed by atoms with Gasteiger partial charge in [-0.1, -0.05) is 18.2 Å². The van der Waals surface area contributed by atoms with E-state index in [9.17, 15) is 4.79 Å². The molecule has 28 heavy (non-hydrogen) atoms. The normalized spacial score (nSPS) is 17.0. The minimum absolute atomic E-state index is 0.170. The Morgan fingerprint density at radius 3 is 2.61 bits per heavy atom. The first-order valence-electron chi connectivity index (χ1n) is 10.00. The molecule has 0 spiro atoms. The van der Waals surface area contributed by atoms with Crippen molar-refractivity contribution in [3.05, 3.63) is 47.3 Å². The van der Waals surface area contributed by atoms with Gasteiger partial charge in [0.05, 0.1) is 13.2 Å². The number of hydrogen-bond donors (Lipinski definition) is 1. The Kier molecular flexibility index (Phi) is 5.71. The number of nitrogens with zero attached hydrogens (tertiary/aromatic N) is 4. The fourth-order valence-corrected chi connectivity index (χ4v) is 3.77. The van der Waals surface area contributed by atoms with Gasteiger partial charge >= 0.3 is 0 Å². The average Bonchev–Trinajstić information content (AvgIpc) is 3.27. The van der Waals surface area contributed by atoms with Crippen LogP contribution in [0.2, 0.25) is 0 Å². The maximum atomic E-state index is 12.8. The molecule has 2 saturated heterocycles. The molecule has 1 aromatic heterocycles. The molecule has 3 heterocycles. The molecule has 0 unspecified atom stereocenters. The van der Waals surface area contributed by atoms with Gasteiger partial charge in [-0.3, -0.25) is 4.79 Å². The number of para-hydroxylation sites is 1. The topological polar surface area (TPSA) is 70.6 Å². The predicted molar refractivity (Wildman–Crippen MR) is 109 cm³/mol. The average molecular weight is 381 g/mol. The van der Waals surface area contributed by atoms with Crippen LogP contribution >= 0.6 is 0 Å². The van der Waals surface area contributed by atoms with Crippen LogP contribution < -0.4 is 15.1 Å². The van der Waals surface area contributed by atoms with E-state index < -0.39 is 0 Å². The van der Waals surface area contributed by atoms with Gasteiger partial charge in [0.2, 0.25) is 5.95 Å². The SMILES string of the molecule is Cc1cc(C(=O)NCc2ccccc2N2CCCC2)nc(N2CCOCC2)n1. The molecular formula is C21H27N5O2. The first kappa shape index (κ1) is 18.7. The van der Waals surface area contributed by atoms with E-state index in [-0.39, 0.29) is 5.91 Å². The van der Waals surface area contributed by atoms with E-state index in [4.69, 9.17) is 4.74 Å². The maximum absolute atomic E-state index is 12.8. The lowest BCUT2D eigenvalue weighted by Crippen LogP contribution is -2.38. The van der Waals surface area contributed by atoms with Crippen LogP contribution in [0.4, 0.5) is 11.6 Å². The van der Waals surface area contributed by atoms with Crippen molar-refractivity contribution >= 4 is 17.5 Å². The number of rotatable bonds is 5. The van der Waals surface area contributed by atoms with Crippen molar-refractivity contribution in [2.45, 2.75) is 26.3 Å². The van der Waals surface area contributed by atoms with Crippen LogP contribution in [0.5, 0.6) is 0 Å². The monoisotopic (exact) mass is 381 g/mol. The summed E-state index contributed by atoms with van der Waals surface area (Å²) in [5.74, 6) is 0.433. The molecule has 148 valence electrons. The van der Waals surface area contributed by atoms with E-state index in [1.54, 1.807) is 6.07 Å². The molecule has 0 aliphatic carbocycles. The highest BCUT2D eigenvalue weighted by Crippen LogP contribution is 2.24. The lowest BCUT2D eigenvalue weighted by molar-refractivity contribution is 0.0945. The number of morpholine rings is 1. The van der Waals surface area contributed by atoms with Crippen LogP contribution in [-0.2, 0) is 11.3 Å². The third kappa shape index (κ3) is 4.25. The number of aryl methyl sites for hydroxylation is 1. The van der Waals surface area contributed by atoms with Gasteiger partial charge in [0.1, 0.15) is 5.69 Å². The molecule has 1 N–H and O–H groups in total. The van der Waals surface area contributed by atoms with Crippen molar-refractivity contribution in [3.8, 4) is 0 Å². The van der Waals surface area contributed by atoms with Gasteiger partial charge in [0.25, 0.3) is 5.91 Å². The van der Waals surface area contributed by atoms with Gasteiger partial charge in [0, 0.05) is 44.1 Å². The summed E-state index contributed by atoms with van der Waals surface area (Å²) in [4.78, 5) is 26.2. The Labute approximate surface area is 165 Å². The van der Waals surface area contributed by atoms with Crippen molar-refractivity contribution < 1.29 is 9.53 Å². The van der Waals surface area contributed by atoms with E-state index in [0.717, 1.165) is 37.4 Å². The third-order valence-corrected chi connectivity index (χ3v) is 5.25. The Morgan fingerprint density at radius 2 is 1.82 bits per heavy atom. The number of hydrogen-bond acceptors (Lipinski definition) is 6. The number of ether oxygens (including phenoxy) is 1. The zero-order chi connectivity index (χ0) is 19.3. The molecule has 1 aromatic carbocycles. The molecule has 7 heteroatoms. The quantitative estimate of drug-likeness (QED) is 0.856. The Morgan fingerprint density at radius 1 is 1.07 bits per heavy atom. The smallest absolute Gasteiger partial charge is 0.270 e. The van der Waals surface area contributed by atoms with E-state index in [0.29, 0.717) is 31.4 Å². The molecule has 2 fully saturated rings. The zero-order valence-corrected chi connectivity index (χ0v) is 16.4. The summed E-state index contributed by atoms with van der Waals surface area (Å²) in [6.07, 6.45) is 2.45. The van der Waals surface area contributed by atoms with Gasteiger partial charge < -0.3 is 19.9 Å². The van der Waals surface area contributed by atoms with Gasteiger partial charge in [-0.25, -0.2) is 9.97 Å². The molecule has 0 bridgehead atoms. The molecule has 2 aliphatic heterocycles. The van der Waals surface area contributed by atoms with Gasteiger partial charge in [-0.15, -0.1) is 0 Å². The molecule has 0 radical (unpaired) electrons. The number of aromatic nitrogens is 2. The summed E-state index contributed by atoms with van der Waals surface area (Å²) < 4.78 is 5.39. The van der Waals surface area contributed by atoms with E-state index in [1.807, 2.05) is 13.0 Å². The minimum atomic E-state index is -0.170. The van der Waals surface area contributed by atoms with Crippen LogP contribution in [0.25, 0.3) is 0 Å². The Balaban J connectivity index is 1.46. The summed E-state index contributed by atoms with van der Waals surface area (Å²) in [6.45, 7) is 7.35. The van der Waals surface area contributed by atoms with Gasteiger partial charge in [-0.05, 0) is 37.5 Å². The Bertz CT molecular complexity index is 829. The fourth-order valence-electron chi connectivity index (χ4n) is 3.77. The van der Waals surface area contributed by atoms with Crippen LogP contribution in [0.15, 0.2) is 30.3 Å². The fraction of sp³-hybridized carbons (Fsp3) is 0.476. The van der Waals surface area contributed by atoms with Gasteiger partial charge in [0.15, 0.2) is 0 Å². The molecule has 2 aromatic rings. The first-order valence-corrected chi connectivity index (χ1v) is 10.00. The molecule has 0 atom stereocenters. The maximum Gasteiger partial charge on any atom is 0.270 e. The number of carbonyl (C=O) groups is 1. The van der Waals surface area contributed by atoms with E-state index >= 15 is 0 Å². The second-order valence-corrected chi connectivity index (χ2v) is 7.30. The van der Waals surface area contributed by atoms with Crippen molar-refractivity contribution in [3.63, 3.8) is 0 Å². The number of anilines is 2.